The lowest BCUT2D eigenvalue weighted by molar-refractivity contribution is 0.0760. The maximum absolute atomic E-state index is 13.6. The number of hydrogen-bond donors (Lipinski definition) is 3. The molecule has 1 aliphatic heterocycles. The summed E-state index contributed by atoms with van der Waals surface area (Å²) in [5, 5.41) is 3.14. The minimum atomic E-state index is -0.343. The van der Waals surface area contributed by atoms with Crippen molar-refractivity contribution in [2.75, 3.05) is 31.2 Å². The van der Waals surface area contributed by atoms with E-state index in [2.05, 4.69) is 5.32 Å². The number of nitrogens with one attached hydrogen (secondary N) is 1. The van der Waals surface area contributed by atoms with E-state index in [4.69, 9.17) is 16.2 Å². The Bertz CT molecular complexity index is 364. The fourth-order valence-electron chi connectivity index (χ4n) is 1.73. The normalized spacial score (nSPS) is 21.5. The van der Waals surface area contributed by atoms with Crippen LogP contribution in [0.2, 0.25) is 0 Å². The molecule has 0 bridgehead atoms. The topological polar surface area (TPSA) is 73.3 Å². The molecule has 1 aliphatic rings. The number of rotatable bonds is 1. The lowest BCUT2D eigenvalue weighted by atomic mass is 10.0. The van der Waals surface area contributed by atoms with E-state index in [0.717, 1.165) is 0 Å². The molecule has 15 heavy (non-hydrogen) atoms. The highest BCUT2D eigenvalue weighted by molar-refractivity contribution is 5.68. The largest absolute Gasteiger partial charge is 0.397 e. The number of hydrogen-bond acceptors (Lipinski definition) is 4. The number of ether oxygens (including phenoxy) is 1. The van der Waals surface area contributed by atoms with E-state index in [9.17, 15) is 4.39 Å². The van der Waals surface area contributed by atoms with Crippen molar-refractivity contribution in [3.63, 3.8) is 0 Å². The zero-order valence-corrected chi connectivity index (χ0v) is 8.29. The van der Waals surface area contributed by atoms with Gasteiger partial charge in [0, 0.05) is 12.1 Å². The van der Waals surface area contributed by atoms with Gasteiger partial charge in [-0.1, -0.05) is 0 Å². The predicted octanol–water partition coefficient (Wildman–Crippen LogP) is 0.651. The molecule has 82 valence electrons. The minimum Gasteiger partial charge on any atom is -0.397 e. The Morgan fingerprint density at radius 3 is 2.87 bits per heavy atom. The quantitative estimate of drug-likeness (QED) is 0.596. The van der Waals surface area contributed by atoms with E-state index in [1.165, 1.54) is 12.1 Å². The van der Waals surface area contributed by atoms with Gasteiger partial charge < -0.3 is 21.5 Å². The first-order valence-electron chi connectivity index (χ1n) is 4.84. The zero-order chi connectivity index (χ0) is 10.8. The third-order valence-electron chi connectivity index (χ3n) is 2.54. The second-order valence-electron chi connectivity index (χ2n) is 3.55. The van der Waals surface area contributed by atoms with E-state index in [1.807, 2.05) is 0 Å². The maximum atomic E-state index is 13.6. The molecule has 0 radical (unpaired) electrons. The standard InChI is InChI=1S/C10H14FN3O/c11-6-1-2-7(12)10(13)9(6)8-5-15-4-3-14-8/h1-2,8,14H,3-5,12-13H2. The van der Waals surface area contributed by atoms with Crippen molar-refractivity contribution in [2.24, 2.45) is 0 Å². The summed E-state index contributed by atoms with van der Waals surface area (Å²) < 4.78 is 18.8. The number of anilines is 2. The smallest absolute Gasteiger partial charge is 0.130 e. The number of nitrogens with two attached hydrogens (primary N) is 2. The molecule has 5 N–H and O–H groups in total. The van der Waals surface area contributed by atoms with Crippen LogP contribution in [0.15, 0.2) is 12.1 Å². The second-order valence-corrected chi connectivity index (χ2v) is 3.55. The molecular formula is C10H14FN3O. The van der Waals surface area contributed by atoms with Gasteiger partial charge in [-0.15, -0.1) is 0 Å². The fourth-order valence-corrected chi connectivity index (χ4v) is 1.73. The summed E-state index contributed by atoms with van der Waals surface area (Å²) in [4.78, 5) is 0. The van der Waals surface area contributed by atoms with Gasteiger partial charge in [-0.2, -0.15) is 0 Å². The van der Waals surface area contributed by atoms with E-state index in [1.54, 1.807) is 0 Å². The Balaban J connectivity index is 2.36. The average Bonchev–Trinajstić information content (AvgIpc) is 2.26. The summed E-state index contributed by atoms with van der Waals surface area (Å²) in [6.07, 6.45) is 0. The zero-order valence-electron chi connectivity index (χ0n) is 8.29. The van der Waals surface area contributed by atoms with Crippen molar-refractivity contribution in [1.29, 1.82) is 0 Å². The lowest BCUT2D eigenvalue weighted by Gasteiger charge is -2.26. The van der Waals surface area contributed by atoms with Gasteiger partial charge in [-0.3, -0.25) is 0 Å². The molecule has 1 aromatic carbocycles. The first-order valence-corrected chi connectivity index (χ1v) is 4.84. The van der Waals surface area contributed by atoms with Crippen LogP contribution in [-0.2, 0) is 4.74 Å². The van der Waals surface area contributed by atoms with Crippen LogP contribution in [0.1, 0.15) is 11.6 Å². The van der Waals surface area contributed by atoms with Gasteiger partial charge >= 0.3 is 0 Å². The van der Waals surface area contributed by atoms with Gasteiger partial charge in [-0.05, 0) is 12.1 Å². The Hall–Kier alpha value is -1.33. The van der Waals surface area contributed by atoms with Crippen LogP contribution in [0.25, 0.3) is 0 Å². The monoisotopic (exact) mass is 211 g/mol. The highest BCUT2D eigenvalue weighted by Crippen LogP contribution is 2.29. The molecule has 5 heteroatoms. The van der Waals surface area contributed by atoms with Gasteiger partial charge in [0.1, 0.15) is 5.82 Å². The molecule has 1 unspecified atom stereocenters. The number of morpholine rings is 1. The summed E-state index contributed by atoms with van der Waals surface area (Å²) >= 11 is 0. The summed E-state index contributed by atoms with van der Waals surface area (Å²) in [7, 11) is 0. The Morgan fingerprint density at radius 2 is 2.20 bits per heavy atom. The highest BCUT2D eigenvalue weighted by Gasteiger charge is 2.22. The molecule has 1 heterocycles. The van der Waals surface area contributed by atoms with E-state index >= 15 is 0 Å². The number of benzene rings is 1. The summed E-state index contributed by atoms with van der Waals surface area (Å²) in [5.41, 5.74) is 12.5. The minimum absolute atomic E-state index is 0.206. The van der Waals surface area contributed by atoms with Crippen LogP contribution in [0, 0.1) is 5.82 Å². The van der Waals surface area contributed by atoms with Gasteiger partial charge in [0.25, 0.3) is 0 Å². The SMILES string of the molecule is Nc1ccc(F)c(C2COCCN2)c1N. The van der Waals surface area contributed by atoms with E-state index in [-0.39, 0.29) is 11.9 Å². The van der Waals surface area contributed by atoms with Gasteiger partial charge in [-0.25, -0.2) is 4.39 Å². The lowest BCUT2D eigenvalue weighted by Crippen LogP contribution is -2.35. The van der Waals surface area contributed by atoms with Crippen LogP contribution in [0.3, 0.4) is 0 Å². The van der Waals surface area contributed by atoms with Crippen molar-refractivity contribution in [3.8, 4) is 0 Å². The Morgan fingerprint density at radius 1 is 1.40 bits per heavy atom. The van der Waals surface area contributed by atoms with Gasteiger partial charge in [0.05, 0.1) is 30.6 Å². The van der Waals surface area contributed by atoms with Crippen LogP contribution in [0.4, 0.5) is 15.8 Å². The first kappa shape index (κ1) is 10.2. The summed E-state index contributed by atoms with van der Waals surface area (Å²) in [6.45, 7) is 1.75. The summed E-state index contributed by atoms with van der Waals surface area (Å²) in [6, 6.07) is 2.59. The Kier molecular flexibility index (Phi) is 2.75. The summed E-state index contributed by atoms with van der Waals surface area (Å²) in [5.74, 6) is -0.343. The van der Waals surface area contributed by atoms with Crippen LogP contribution >= 0.6 is 0 Å². The van der Waals surface area contributed by atoms with Crippen molar-refractivity contribution in [1.82, 2.24) is 5.32 Å². The van der Waals surface area contributed by atoms with Crippen molar-refractivity contribution >= 4 is 11.4 Å². The van der Waals surface area contributed by atoms with Crippen molar-refractivity contribution < 1.29 is 9.13 Å². The molecule has 0 aromatic heterocycles. The molecule has 4 nitrogen and oxygen atoms in total. The Labute approximate surface area is 87.4 Å². The van der Waals surface area contributed by atoms with E-state index in [0.29, 0.717) is 36.7 Å². The van der Waals surface area contributed by atoms with Crippen molar-refractivity contribution in [2.45, 2.75) is 6.04 Å². The third-order valence-corrected chi connectivity index (χ3v) is 2.54. The van der Waals surface area contributed by atoms with E-state index < -0.39 is 0 Å². The molecule has 0 saturated carbocycles. The molecule has 1 fully saturated rings. The fraction of sp³-hybridized carbons (Fsp3) is 0.400. The van der Waals surface area contributed by atoms with Crippen molar-refractivity contribution in [3.05, 3.63) is 23.5 Å². The van der Waals surface area contributed by atoms with Gasteiger partial charge in [0.15, 0.2) is 0 Å². The molecule has 0 spiro atoms. The number of nitrogen functional groups attached to an aromatic ring is 2. The molecule has 2 rings (SSSR count). The molecule has 0 aliphatic carbocycles. The second kappa shape index (κ2) is 4.04. The molecule has 1 aromatic rings. The molecule has 1 atom stereocenters. The van der Waals surface area contributed by atoms with Gasteiger partial charge in [0.2, 0.25) is 0 Å². The molecule has 0 amide bonds. The average molecular weight is 211 g/mol. The van der Waals surface area contributed by atoms with Crippen LogP contribution in [0.5, 0.6) is 0 Å². The first-order chi connectivity index (χ1) is 7.20. The third kappa shape index (κ3) is 1.88. The molecular weight excluding hydrogens is 197 g/mol. The van der Waals surface area contributed by atoms with Crippen LogP contribution in [-0.4, -0.2) is 19.8 Å². The van der Waals surface area contributed by atoms with Crippen LogP contribution < -0.4 is 16.8 Å². The maximum Gasteiger partial charge on any atom is 0.130 e. The predicted molar refractivity (Wildman–Crippen MR) is 56.8 cm³/mol. The number of halogens is 1. The highest BCUT2D eigenvalue weighted by atomic mass is 19.1. The molecule has 1 saturated heterocycles.